The highest BCUT2D eigenvalue weighted by atomic mass is 15.6. The van der Waals surface area contributed by atoms with Gasteiger partial charge in [0.15, 0.2) is 0 Å². The molecule has 0 saturated heterocycles. The number of hydrazine groups is 2. The summed E-state index contributed by atoms with van der Waals surface area (Å²) in [5.74, 6) is 0. The van der Waals surface area contributed by atoms with Crippen LogP contribution in [0.3, 0.4) is 0 Å². The van der Waals surface area contributed by atoms with Crippen LogP contribution in [0.1, 0.15) is 45.5 Å². The van der Waals surface area contributed by atoms with E-state index in [1.54, 1.807) is 0 Å². The Bertz CT molecular complexity index is 2620. The molecule has 8 aromatic rings. The van der Waals surface area contributed by atoms with Crippen LogP contribution in [0.15, 0.2) is 242 Å². The number of nitrogens with one attached hydrogen (secondary N) is 2. The second-order valence-electron chi connectivity index (χ2n) is 15.4. The molecule has 0 amide bonds. The Balaban J connectivity index is 1.35. The average Bonchev–Trinajstić information content (AvgIpc) is 4.01. The lowest BCUT2D eigenvalue weighted by Crippen LogP contribution is -2.41. The average molecular weight is 759 g/mol. The van der Waals surface area contributed by atoms with Crippen molar-refractivity contribution in [2.45, 2.75) is 17.5 Å². The van der Waals surface area contributed by atoms with E-state index in [-0.39, 0.29) is 12.1 Å². The molecule has 59 heavy (non-hydrogen) atoms. The lowest BCUT2D eigenvalue weighted by molar-refractivity contribution is 0.582. The number of para-hydroxylation sites is 2. The number of rotatable bonds is 8. The van der Waals surface area contributed by atoms with E-state index in [4.69, 9.17) is 0 Å². The maximum atomic E-state index is 4.12. The first-order valence-electron chi connectivity index (χ1n) is 20.4. The Hall–Kier alpha value is -7.56. The molecule has 4 heteroatoms. The maximum absolute atomic E-state index is 4.12. The topological polar surface area (TPSA) is 30.5 Å². The molecule has 282 valence electrons. The van der Waals surface area contributed by atoms with Crippen LogP contribution in [0.4, 0.5) is 11.4 Å². The molecular formula is C55H42N4. The maximum Gasteiger partial charge on any atom is 0.100 e. The predicted octanol–water partition coefficient (Wildman–Crippen LogP) is 12.3. The number of benzene rings is 8. The summed E-state index contributed by atoms with van der Waals surface area (Å²) in [6.07, 6.45) is 0. The second-order valence-corrected chi connectivity index (χ2v) is 15.4. The van der Waals surface area contributed by atoms with E-state index in [1.807, 2.05) is 0 Å². The summed E-state index contributed by atoms with van der Waals surface area (Å²) in [7, 11) is 0. The number of fused-ring (bicyclic) bond motifs is 3. The van der Waals surface area contributed by atoms with Gasteiger partial charge in [-0.25, -0.2) is 0 Å². The number of hydrogen-bond acceptors (Lipinski definition) is 4. The van der Waals surface area contributed by atoms with Gasteiger partial charge in [0.2, 0.25) is 0 Å². The highest BCUT2D eigenvalue weighted by Crippen LogP contribution is 2.66. The molecule has 0 bridgehead atoms. The zero-order valence-electron chi connectivity index (χ0n) is 32.5. The number of nitrogens with zero attached hydrogens (tertiary/aromatic N) is 2. The molecule has 2 aliphatic heterocycles. The van der Waals surface area contributed by atoms with Crippen molar-refractivity contribution >= 4 is 22.8 Å². The second kappa shape index (κ2) is 14.4. The van der Waals surface area contributed by atoms with Crippen molar-refractivity contribution in [2.75, 3.05) is 10.0 Å². The van der Waals surface area contributed by atoms with E-state index in [1.165, 1.54) is 44.5 Å². The smallest absolute Gasteiger partial charge is 0.100 e. The van der Waals surface area contributed by atoms with Crippen molar-refractivity contribution in [3.05, 3.63) is 275 Å². The van der Waals surface area contributed by atoms with Crippen LogP contribution in [0, 0.1) is 0 Å². The van der Waals surface area contributed by atoms with E-state index < -0.39 is 5.41 Å². The Kier molecular flexibility index (Phi) is 8.48. The standard InChI is InChI=1S/C55H42N4/c1-7-23-39(24-8-1)51-49(53(41-27-11-3-12-28-41)58(56-51)43-31-15-5-16-32-43)55(47-37-21-19-35-45(47)46-36-20-22-38-48(46)55)50-52(40-25-9-2-10-26-40)57-59(44-33-17-6-18-34-44)54(50)42-29-13-4-14-30-42/h1-38,53-54,56-57H. The first-order chi connectivity index (χ1) is 29.3. The molecular weight excluding hydrogens is 717 g/mol. The Morgan fingerprint density at radius 2 is 0.627 bits per heavy atom. The molecule has 2 N–H and O–H groups in total. The molecule has 1 aliphatic carbocycles. The molecule has 4 nitrogen and oxygen atoms in total. The summed E-state index contributed by atoms with van der Waals surface area (Å²) in [4.78, 5) is 0. The lowest BCUT2D eigenvalue weighted by Gasteiger charge is -2.43. The first kappa shape index (κ1) is 34.7. The third kappa shape index (κ3) is 5.52. The molecule has 2 heterocycles. The van der Waals surface area contributed by atoms with E-state index in [2.05, 4.69) is 251 Å². The molecule has 3 aliphatic rings. The minimum Gasteiger partial charge on any atom is -0.297 e. The van der Waals surface area contributed by atoms with Gasteiger partial charge in [-0.15, -0.1) is 0 Å². The van der Waals surface area contributed by atoms with Gasteiger partial charge < -0.3 is 0 Å². The molecule has 0 aromatic heterocycles. The van der Waals surface area contributed by atoms with Crippen molar-refractivity contribution < 1.29 is 0 Å². The van der Waals surface area contributed by atoms with Gasteiger partial charge in [0.25, 0.3) is 0 Å². The van der Waals surface area contributed by atoms with Crippen LogP contribution in [0.25, 0.3) is 22.5 Å². The normalized spacial score (nSPS) is 17.7. The molecule has 0 saturated carbocycles. The number of hydrogen-bond donors (Lipinski definition) is 2. The van der Waals surface area contributed by atoms with Crippen LogP contribution >= 0.6 is 0 Å². The SMILES string of the molecule is c1ccc(C2=C(C3(C4=C(c5ccccc5)NN(c5ccccc5)C4c4ccccc4)c4ccccc4-c4ccccc43)C(c3ccccc3)N(c3ccccc3)N2)cc1. The molecule has 0 fully saturated rings. The van der Waals surface area contributed by atoms with E-state index in [0.29, 0.717) is 0 Å². The van der Waals surface area contributed by atoms with Gasteiger partial charge in [-0.1, -0.05) is 206 Å². The van der Waals surface area contributed by atoms with E-state index in [9.17, 15) is 0 Å². The van der Waals surface area contributed by atoms with Crippen molar-refractivity contribution in [1.29, 1.82) is 0 Å². The third-order valence-electron chi connectivity index (χ3n) is 12.3. The molecule has 2 unspecified atom stereocenters. The molecule has 2 atom stereocenters. The van der Waals surface area contributed by atoms with Crippen LogP contribution in [0.5, 0.6) is 0 Å². The van der Waals surface area contributed by atoms with Gasteiger partial charge in [0, 0.05) is 11.1 Å². The number of anilines is 2. The minimum absolute atomic E-state index is 0.222. The summed E-state index contributed by atoms with van der Waals surface area (Å²) in [5.41, 5.74) is 24.1. The zero-order valence-corrected chi connectivity index (χ0v) is 32.5. The molecule has 0 spiro atoms. The van der Waals surface area contributed by atoms with Gasteiger partial charge in [-0.3, -0.25) is 20.9 Å². The highest BCUT2D eigenvalue weighted by molar-refractivity contribution is 5.95. The molecule has 0 radical (unpaired) electrons. The quantitative estimate of drug-likeness (QED) is 0.162. The third-order valence-corrected chi connectivity index (χ3v) is 12.3. The Morgan fingerprint density at radius 1 is 0.322 bits per heavy atom. The largest absolute Gasteiger partial charge is 0.297 e. The summed E-state index contributed by atoms with van der Waals surface area (Å²) in [5, 5.41) is 4.80. The Labute approximate surface area is 346 Å². The minimum atomic E-state index is -0.808. The summed E-state index contributed by atoms with van der Waals surface area (Å²) in [6, 6.07) is 83.4. The van der Waals surface area contributed by atoms with Gasteiger partial charge >= 0.3 is 0 Å². The van der Waals surface area contributed by atoms with Crippen LogP contribution < -0.4 is 20.9 Å². The van der Waals surface area contributed by atoms with Crippen LogP contribution in [-0.2, 0) is 5.41 Å². The van der Waals surface area contributed by atoms with Gasteiger partial charge in [-0.2, -0.15) is 0 Å². The lowest BCUT2D eigenvalue weighted by atomic mass is 9.60. The van der Waals surface area contributed by atoms with Gasteiger partial charge in [0.05, 0.1) is 28.2 Å². The zero-order chi connectivity index (χ0) is 39.2. The Morgan fingerprint density at radius 3 is 1.00 bits per heavy atom. The van der Waals surface area contributed by atoms with Crippen molar-refractivity contribution in [3.63, 3.8) is 0 Å². The van der Waals surface area contributed by atoms with Crippen LogP contribution in [-0.4, -0.2) is 0 Å². The van der Waals surface area contributed by atoms with Crippen molar-refractivity contribution in [1.82, 2.24) is 10.9 Å². The fraction of sp³-hybridized carbons (Fsp3) is 0.0545. The molecule has 11 rings (SSSR count). The van der Waals surface area contributed by atoms with Crippen molar-refractivity contribution in [3.8, 4) is 11.1 Å². The predicted molar refractivity (Wildman–Crippen MR) is 242 cm³/mol. The fourth-order valence-corrected chi connectivity index (χ4v) is 9.92. The van der Waals surface area contributed by atoms with Crippen LogP contribution in [0.2, 0.25) is 0 Å². The van der Waals surface area contributed by atoms with Gasteiger partial charge in [-0.05, 0) is 68.8 Å². The van der Waals surface area contributed by atoms with Gasteiger partial charge in [0.1, 0.15) is 12.1 Å². The highest BCUT2D eigenvalue weighted by Gasteiger charge is 2.59. The summed E-state index contributed by atoms with van der Waals surface area (Å²) < 4.78 is 0. The monoisotopic (exact) mass is 758 g/mol. The van der Waals surface area contributed by atoms with E-state index in [0.717, 1.165) is 33.9 Å². The first-order valence-corrected chi connectivity index (χ1v) is 20.4. The fourth-order valence-electron chi connectivity index (χ4n) is 9.92. The van der Waals surface area contributed by atoms with Crippen molar-refractivity contribution in [2.24, 2.45) is 0 Å². The summed E-state index contributed by atoms with van der Waals surface area (Å²) in [6.45, 7) is 0. The molecule has 8 aromatic carbocycles. The summed E-state index contributed by atoms with van der Waals surface area (Å²) >= 11 is 0. The van der Waals surface area contributed by atoms with E-state index >= 15 is 0 Å².